The highest BCUT2D eigenvalue weighted by molar-refractivity contribution is 6.03. The highest BCUT2D eigenvalue weighted by atomic mass is 16.6. The first kappa shape index (κ1) is 55.5. The molecule has 0 amide bonds. The molecule has 0 atom stereocenters. The summed E-state index contributed by atoms with van der Waals surface area (Å²) in [6, 6.07) is 6.79. The van der Waals surface area contributed by atoms with Crippen LogP contribution in [0.1, 0.15) is 234 Å². The molecule has 12 heteroatoms. The van der Waals surface area contributed by atoms with Crippen LogP contribution in [0.15, 0.2) is 24.3 Å². The van der Waals surface area contributed by atoms with Crippen LogP contribution in [0.3, 0.4) is 0 Å². The van der Waals surface area contributed by atoms with Crippen molar-refractivity contribution in [2.24, 2.45) is 0 Å². The average molecular weight is 925 g/mol. The Morgan fingerprint density at radius 2 is 0.591 bits per heavy atom. The van der Waals surface area contributed by atoms with Crippen LogP contribution in [-0.2, 0) is 28.5 Å². The first-order chi connectivity index (χ1) is 30.1. The summed E-state index contributed by atoms with van der Waals surface area (Å²) in [4.78, 5) is 50.8. The van der Waals surface area contributed by atoms with Gasteiger partial charge >= 0.3 is 23.9 Å². The first-order valence-corrected chi connectivity index (χ1v) is 25.2. The topological polar surface area (TPSA) is 153 Å². The van der Waals surface area contributed by atoms with Crippen LogP contribution in [0.25, 0.3) is 0 Å². The minimum absolute atomic E-state index is 0.000484. The largest absolute Gasteiger partial charge is 0.462 e. The lowest BCUT2D eigenvalue weighted by molar-refractivity contribution is -0.154. The van der Waals surface area contributed by atoms with Gasteiger partial charge in [0.2, 0.25) is 0 Å². The van der Waals surface area contributed by atoms with E-state index >= 15 is 0 Å². The summed E-state index contributed by atoms with van der Waals surface area (Å²) in [7, 11) is 0. The summed E-state index contributed by atoms with van der Waals surface area (Å²) in [5, 5.41) is 14.4. The van der Waals surface area contributed by atoms with E-state index in [0.29, 0.717) is 38.5 Å². The van der Waals surface area contributed by atoms with Gasteiger partial charge in [0.1, 0.15) is 24.4 Å². The lowest BCUT2D eigenvalue weighted by atomic mass is 9.81. The summed E-state index contributed by atoms with van der Waals surface area (Å²) in [5.74, 6) is -1.07. The summed E-state index contributed by atoms with van der Waals surface area (Å²) in [5.41, 5.74) is -0.0863. The number of esters is 4. The number of carbonyl (C=O) groups excluding carboxylic acids is 4. The van der Waals surface area contributed by atoms with Crippen molar-refractivity contribution in [1.82, 2.24) is 21.3 Å². The molecular formula is C54H92N4O8. The number of rotatable bonds is 15. The molecule has 0 radical (unpaired) electrons. The minimum Gasteiger partial charge on any atom is -0.462 e. The molecule has 1 aromatic carbocycles. The highest BCUT2D eigenvalue weighted by Crippen LogP contribution is 2.35. The number of ether oxygens (including phenoxy) is 4. The highest BCUT2D eigenvalue weighted by Gasteiger charge is 2.43. The summed E-state index contributed by atoms with van der Waals surface area (Å²) in [6.45, 7) is 34.3. The van der Waals surface area contributed by atoms with Crippen molar-refractivity contribution in [1.29, 1.82) is 0 Å². The Kier molecular flexibility index (Phi) is 18.3. The Balaban J connectivity index is 0.000000289. The number of hydrogen-bond donors (Lipinski definition) is 4. The molecule has 4 heterocycles. The third-order valence-corrected chi connectivity index (χ3v) is 13.1. The second-order valence-electron chi connectivity index (χ2n) is 25.6. The van der Waals surface area contributed by atoms with Gasteiger partial charge in [-0.05, 0) is 136 Å². The summed E-state index contributed by atoms with van der Waals surface area (Å²) < 4.78 is 23.4. The van der Waals surface area contributed by atoms with Crippen molar-refractivity contribution in [2.75, 3.05) is 0 Å². The van der Waals surface area contributed by atoms with E-state index < -0.39 is 11.9 Å². The van der Waals surface area contributed by atoms with Crippen LogP contribution in [0.4, 0.5) is 0 Å². The van der Waals surface area contributed by atoms with E-state index in [0.717, 1.165) is 64.2 Å². The van der Waals surface area contributed by atoms with Gasteiger partial charge in [-0.1, -0.05) is 37.8 Å². The van der Waals surface area contributed by atoms with Gasteiger partial charge in [0, 0.05) is 109 Å². The van der Waals surface area contributed by atoms with Gasteiger partial charge in [-0.25, -0.2) is 9.59 Å². The maximum atomic E-state index is 13.1. The van der Waals surface area contributed by atoms with Crippen LogP contribution in [0.2, 0.25) is 0 Å². The Bertz CT molecular complexity index is 1620. The predicted octanol–water partition coefficient (Wildman–Crippen LogP) is 10.4. The van der Waals surface area contributed by atoms with E-state index in [1.54, 1.807) is 24.3 Å². The standard InChI is InChI=1S/C28H52N2O4.C26H40N2O4/c1-25(2)17-21(18-26(3,4)29-25)33-23(31)15-13-11-9-10-12-14-16-24(32)34-22-19-27(5,6)30-28(7,8)20-22;1-23(2)13-17(14-24(3,4)27-23)31-21(29)19-11-9-10-12-20(19)22(30)32-18-15-25(5,6)28-26(7,8)16-18/h21-22,29-30H,9-20H2,1-8H3;9-12,17-18,27-28H,13-16H2,1-8H3. The fourth-order valence-electron chi connectivity index (χ4n) is 12.3. The van der Waals surface area contributed by atoms with E-state index in [2.05, 4.69) is 132 Å². The summed E-state index contributed by atoms with van der Waals surface area (Å²) in [6.07, 6.45) is 12.9. The maximum absolute atomic E-state index is 13.1. The zero-order valence-corrected chi connectivity index (χ0v) is 44.2. The molecule has 0 bridgehead atoms. The fraction of sp³-hybridized carbons (Fsp3) is 0.815. The molecule has 0 unspecified atom stereocenters. The van der Waals surface area contributed by atoms with Crippen molar-refractivity contribution in [3.05, 3.63) is 35.4 Å². The molecule has 5 rings (SSSR count). The molecule has 376 valence electrons. The van der Waals surface area contributed by atoms with Gasteiger partial charge in [-0.3, -0.25) is 9.59 Å². The second kappa shape index (κ2) is 21.7. The van der Waals surface area contributed by atoms with Crippen molar-refractivity contribution in [3.63, 3.8) is 0 Å². The molecule has 0 aromatic heterocycles. The third kappa shape index (κ3) is 19.1. The van der Waals surface area contributed by atoms with Gasteiger partial charge in [0.15, 0.2) is 0 Å². The number of nitrogens with one attached hydrogen (secondary N) is 4. The van der Waals surface area contributed by atoms with Crippen molar-refractivity contribution in [2.45, 2.75) is 282 Å². The molecule has 66 heavy (non-hydrogen) atoms. The smallest absolute Gasteiger partial charge is 0.339 e. The van der Waals surface area contributed by atoms with E-state index in [-0.39, 0.29) is 91.8 Å². The van der Waals surface area contributed by atoms with E-state index in [9.17, 15) is 19.2 Å². The van der Waals surface area contributed by atoms with Crippen molar-refractivity contribution in [3.8, 4) is 0 Å². The first-order valence-electron chi connectivity index (χ1n) is 25.2. The van der Waals surface area contributed by atoms with Crippen LogP contribution < -0.4 is 21.3 Å². The third-order valence-electron chi connectivity index (χ3n) is 13.1. The number of piperidine rings is 4. The predicted molar refractivity (Wildman–Crippen MR) is 264 cm³/mol. The fourth-order valence-corrected chi connectivity index (χ4v) is 12.3. The molecule has 4 saturated heterocycles. The number of carbonyl (C=O) groups is 4. The Morgan fingerprint density at radius 1 is 0.379 bits per heavy atom. The molecule has 4 fully saturated rings. The molecule has 1 aromatic rings. The maximum Gasteiger partial charge on any atom is 0.339 e. The second-order valence-corrected chi connectivity index (χ2v) is 25.6. The van der Waals surface area contributed by atoms with E-state index in [1.165, 1.54) is 0 Å². The lowest BCUT2D eigenvalue weighted by Crippen LogP contribution is -2.59. The van der Waals surface area contributed by atoms with Gasteiger partial charge in [0.05, 0.1) is 11.1 Å². The Morgan fingerprint density at radius 3 is 0.833 bits per heavy atom. The van der Waals surface area contributed by atoms with E-state index in [4.69, 9.17) is 18.9 Å². The number of hydrogen-bond acceptors (Lipinski definition) is 12. The molecule has 0 aliphatic carbocycles. The average Bonchev–Trinajstić information content (AvgIpc) is 3.07. The van der Waals surface area contributed by atoms with Gasteiger partial charge in [-0.15, -0.1) is 0 Å². The minimum atomic E-state index is -0.470. The zero-order valence-electron chi connectivity index (χ0n) is 44.2. The van der Waals surface area contributed by atoms with Crippen LogP contribution >= 0.6 is 0 Å². The molecule has 4 aliphatic heterocycles. The van der Waals surface area contributed by atoms with Gasteiger partial charge < -0.3 is 40.2 Å². The van der Waals surface area contributed by atoms with Gasteiger partial charge in [0.25, 0.3) is 0 Å². The van der Waals surface area contributed by atoms with Crippen molar-refractivity contribution >= 4 is 23.9 Å². The van der Waals surface area contributed by atoms with Crippen LogP contribution in [0.5, 0.6) is 0 Å². The molecule has 4 aliphatic rings. The molecule has 12 nitrogen and oxygen atoms in total. The summed E-state index contributed by atoms with van der Waals surface area (Å²) >= 11 is 0. The SMILES string of the molecule is CC1(C)CC(OC(=O)CCCCCCCCC(=O)OC2CC(C)(C)NC(C)(C)C2)CC(C)(C)N1.CC1(C)CC(OC(=O)c2ccccc2C(=O)OC2CC(C)(C)NC(C)(C)C2)CC(C)(C)N1. The quantitative estimate of drug-likeness (QED) is 0.0752. The zero-order chi connectivity index (χ0) is 49.6. The lowest BCUT2D eigenvalue weighted by Gasteiger charge is -2.46. The Hall–Kier alpha value is -3.06. The molecule has 0 saturated carbocycles. The normalized spacial score (nSPS) is 24.2. The van der Waals surface area contributed by atoms with Crippen molar-refractivity contribution < 1.29 is 38.1 Å². The molecular weight excluding hydrogens is 833 g/mol. The van der Waals surface area contributed by atoms with Gasteiger partial charge in [-0.2, -0.15) is 0 Å². The van der Waals surface area contributed by atoms with E-state index in [1.807, 2.05) is 0 Å². The van der Waals surface area contributed by atoms with Crippen LogP contribution in [0, 0.1) is 0 Å². The number of unbranched alkanes of at least 4 members (excludes halogenated alkanes) is 5. The Labute approximate surface area is 399 Å². The monoisotopic (exact) mass is 925 g/mol. The molecule has 4 N–H and O–H groups in total. The molecule has 0 spiro atoms. The van der Waals surface area contributed by atoms with Crippen LogP contribution in [-0.4, -0.2) is 92.6 Å². The number of benzene rings is 1.